The molecule has 0 saturated heterocycles. The molecule has 2 rings (SSSR count). The van der Waals surface area contributed by atoms with Crippen LogP contribution in [0.15, 0.2) is 18.2 Å². The van der Waals surface area contributed by atoms with Gasteiger partial charge in [-0.2, -0.15) is 0 Å². The summed E-state index contributed by atoms with van der Waals surface area (Å²) in [4.78, 5) is 11.7. The number of rotatable bonds is 3. The quantitative estimate of drug-likeness (QED) is 0.620. The molecule has 1 aromatic rings. The number of carbonyl (C=O) groups excluding carboxylic acids is 1. The lowest BCUT2D eigenvalue weighted by Gasteiger charge is -2.14. The maximum Gasteiger partial charge on any atom is 0.316 e. The van der Waals surface area contributed by atoms with Gasteiger partial charge in [0.15, 0.2) is 0 Å². The van der Waals surface area contributed by atoms with Crippen molar-refractivity contribution in [2.24, 2.45) is 0 Å². The monoisotopic (exact) mass is 221 g/mol. The van der Waals surface area contributed by atoms with E-state index >= 15 is 0 Å². The highest BCUT2D eigenvalue weighted by Crippen LogP contribution is 2.50. The number of esters is 1. The summed E-state index contributed by atoms with van der Waals surface area (Å²) in [5.74, 6) is 0.446. The van der Waals surface area contributed by atoms with Crippen LogP contribution in [0, 0.1) is 0 Å². The van der Waals surface area contributed by atoms with Crippen molar-refractivity contribution in [3.63, 3.8) is 0 Å². The molecule has 1 fully saturated rings. The molecule has 1 aliphatic carbocycles. The molecule has 0 aliphatic heterocycles. The van der Waals surface area contributed by atoms with Crippen LogP contribution in [0.4, 0.5) is 5.69 Å². The zero-order valence-corrected chi connectivity index (χ0v) is 9.45. The second-order valence-corrected chi connectivity index (χ2v) is 4.03. The number of hydrogen-bond donors (Lipinski definition) is 1. The lowest BCUT2D eigenvalue weighted by molar-refractivity contribution is -0.143. The minimum absolute atomic E-state index is 0.183. The summed E-state index contributed by atoms with van der Waals surface area (Å²) in [6.07, 6.45) is 1.65. The van der Waals surface area contributed by atoms with Crippen molar-refractivity contribution in [3.05, 3.63) is 23.8 Å². The fraction of sp³-hybridized carbons (Fsp3) is 0.417. The van der Waals surface area contributed by atoms with E-state index in [0.29, 0.717) is 11.4 Å². The van der Waals surface area contributed by atoms with E-state index in [1.54, 1.807) is 19.2 Å². The van der Waals surface area contributed by atoms with Crippen molar-refractivity contribution in [2.75, 3.05) is 20.0 Å². The Morgan fingerprint density at radius 3 is 2.50 bits per heavy atom. The third kappa shape index (κ3) is 1.50. The molecule has 0 radical (unpaired) electrons. The van der Waals surface area contributed by atoms with Crippen LogP contribution < -0.4 is 10.5 Å². The van der Waals surface area contributed by atoms with E-state index in [2.05, 4.69) is 0 Å². The molecular weight excluding hydrogens is 206 g/mol. The van der Waals surface area contributed by atoms with Gasteiger partial charge in [0, 0.05) is 0 Å². The molecule has 1 aliphatic rings. The molecule has 0 heterocycles. The van der Waals surface area contributed by atoms with Crippen LogP contribution in [0.1, 0.15) is 18.4 Å². The van der Waals surface area contributed by atoms with Crippen LogP contribution in [0.5, 0.6) is 5.75 Å². The average molecular weight is 221 g/mol. The van der Waals surface area contributed by atoms with Gasteiger partial charge in [-0.25, -0.2) is 0 Å². The third-order valence-electron chi connectivity index (χ3n) is 3.11. The van der Waals surface area contributed by atoms with Crippen molar-refractivity contribution in [3.8, 4) is 5.75 Å². The van der Waals surface area contributed by atoms with Gasteiger partial charge in [-0.05, 0) is 30.5 Å². The van der Waals surface area contributed by atoms with E-state index in [-0.39, 0.29) is 5.97 Å². The highest BCUT2D eigenvalue weighted by molar-refractivity contribution is 5.87. The van der Waals surface area contributed by atoms with Gasteiger partial charge in [0.25, 0.3) is 0 Å². The first-order chi connectivity index (χ1) is 7.64. The van der Waals surface area contributed by atoms with Crippen LogP contribution in [0.25, 0.3) is 0 Å². The molecule has 2 N–H and O–H groups in total. The smallest absolute Gasteiger partial charge is 0.316 e. The average Bonchev–Trinajstić information content (AvgIpc) is 3.09. The molecule has 86 valence electrons. The highest BCUT2D eigenvalue weighted by Gasteiger charge is 2.52. The summed E-state index contributed by atoms with van der Waals surface area (Å²) in [6.45, 7) is 0. The molecule has 1 saturated carbocycles. The van der Waals surface area contributed by atoms with Gasteiger partial charge < -0.3 is 15.2 Å². The zero-order chi connectivity index (χ0) is 11.8. The van der Waals surface area contributed by atoms with Gasteiger partial charge in [-0.15, -0.1) is 0 Å². The van der Waals surface area contributed by atoms with Crippen molar-refractivity contribution < 1.29 is 14.3 Å². The number of hydrogen-bond acceptors (Lipinski definition) is 4. The molecule has 0 unspecified atom stereocenters. The Labute approximate surface area is 94.3 Å². The topological polar surface area (TPSA) is 61.5 Å². The summed E-state index contributed by atoms with van der Waals surface area (Å²) in [6, 6.07) is 5.45. The van der Waals surface area contributed by atoms with Crippen molar-refractivity contribution in [1.82, 2.24) is 0 Å². The van der Waals surface area contributed by atoms with Crippen molar-refractivity contribution in [2.45, 2.75) is 18.3 Å². The summed E-state index contributed by atoms with van der Waals surface area (Å²) >= 11 is 0. The Morgan fingerprint density at radius 1 is 1.38 bits per heavy atom. The fourth-order valence-corrected chi connectivity index (χ4v) is 1.96. The Hall–Kier alpha value is -1.71. The minimum atomic E-state index is -0.463. The van der Waals surface area contributed by atoms with Crippen molar-refractivity contribution >= 4 is 11.7 Å². The predicted molar refractivity (Wildman–Crippen MR) is 60.3 cm³/mol. The Bertz CT molecular complexity index is 424. The lowest BCUT2D eigenvalue weighted by Crippen LogP contribution is -2.21. The van der Waals surface area contributed by atoms with Crippen LogP contribution in [0.2, 0.25) is 0 Å². The minimum Gasteiger partial charge on any atom is -0.495 e. The first-order valence-electron chi connectivity index (χ1n) is 5.16. The number of nitrogen functional groups attached to an aromatic ring is 1. The molecule has 0 bridgehead atoms. The molecule has 0 spiro atoms. The second kappa shape index (κ2) is 3.70. The maximum absolute atomic E-state index is 11.7. The number of ether oxygens (including phenoxy) is 2. The van der Waals surface area contributed by atoms with Gasteiger partial charge >= 0.3 is 5.97 Å². The van der Waals surface area contributed by atoms with Crippen molar-refractivity contribution in [1.29, 1.82) is 0 Å². The van der Waals surface area contributed by atoms with E-state index < -0.39 is 5.41 Å². The van der Waals surface area contributed by atoms with Crippen LogP contribution in [-0.4, -0.2) is 20.2 Å². The predicted octanol–water partition coefficient (Wildman–Crippen LogP) is 1.48. The number of nitrogens with two attached hydrogens (primary N) is 1. The number of carbonyl (C=O) groups is 1. The SMILES string of the molecule is COC(=O)C1(c2ccc(OC)c(N)c2)CC1. The number of anilines is 1. The second-order valence-electron chi connectivity index (χ2n) is 4.03. The molecule has 4 nitrogen and oxygen atoms in total. The lowest BCUT2D eigenvalue weighted by atomic mass is 9.95. The van der Waals surface area contributed by atoms with Gasteiger partial charge in [0.1, 0.15) is 5.75 Å². The van der Waals surface area contributed by atoms with Gasteiger partial charge in [-0.3, -0.25) is 4.79 Å². The normalized spacial score (nSPS) is 16.6. The Morgan fingerprint density at radius 2 is 2.06 bits per heavy atom. The van der Waals surface area contributed by atoms with E-state index in [9.17, 15) is 4.79 Å². The first-order valence-corrected chi connectivity index (χ1v) is 5.16. The largest absolute Gasteiger partial charge is 0.495 e. The van der Waals surface area contributed by atoms with Crippen LogP contribution in [0.3, 0.4) is 0 Å². The van der Waals surface area contributed by atoms with E-state index in [1.807, 2.05) is 6.07 Å². The molecule has 4 heteroatoms. The van der Waals surface area contributed by atoms with Gasteiger partial charge in [0.05, 0.1) is 25.3 Å². The van der Waals surface area contributed by atoms with Gasteiger partial charge in [-0.1, -0.05) is 6.07 Å². The summed E-state index contributed by atoms with van der Waals surface area (Å²) in [5.41, 5.74) is 6.82. The summed E-state index contributed by atoms with van der Waals surface area (Å²) in [5, 5.41) is 0. The fourth-order valence-electron chi connectivity index (χ4n) is 1.96. The standard InChI is InChI=1S/C12H15NO3/c1-15-10-4-3-8(7-9(10)13)12(5-6-12)11(14)16-2/h3-4,7H,5-6,13H2,1-2H3. The van der Waals surface area contributed by atoms with E-state index in [4.69, 9.17) is 15.2 Å². The summed E-state index contributed by atoms with van der Waals surface area (Å²) < 4.78 is 9.90. The van der Waals surface area contributed by atoms with Crippen LogP contribution >= 0.6 is 0 Å². The Kier molecular flexibility index (Phi) is 2.50. The molecular formula is C12H15NO3. The highest BCUT2D eigenvalue weighted by atomic mass is 16.5. The molecule has 16 heavy (non-hydrogen) atoms. The summed E-state index contributed by atoms with van der Waals surface area (Å²) in [7, 11) is 2.98. The number of benzene rings is 1. The van der Waals surface area contributed by atoms with E-state index in [1.165, 1.54) is 7.11 Å². The Balaban J connectivity index is 2.35. The molecule has 0 aromatic heterocycles. The van der Waals surface area contributed by atoms with Gasteiger partial charge in [0.2, 0.25) is 0 Å². The maximum atomic E-state index is 11.7. The zero-order valence-electron chi connectivity index (χ0n) is 9.45. The third-order valence-corrected chi connectivity index (χ3v) is 3.11. The first kappa shape index (κ1) is 10.8. The molecule has 0 amide bonds. The number of methoxy groups -OCH3 is 2. The molecule has 0 atom stereocenters. The van der Waals surface area contributed by atoms with E-state index in [0.717, 1.165) is 18.4 Å². The van der Waals surface area contributed by atoms with Crippen LogP contribution in [-0.2, 0) is 14.9 Å². The molecule has 1 aromatic carbocycles.